The van der Waals surface area contributed by atoms with Gasteiger partial charge in [0.2, 0.25) is 0 Å². The molecule has 0 saturated carbocycles. The number of carbonyl (C=O) groups is 1. The van der Waals surface area contributed by atoms with E-state index < -0.39 is 5.97 Å². The number of hydrogen-bond donors (Lipinski definition) is 2. The van der Waals surface area contributed by atoms with Crippen molar-refractivity contribution in [3.05, 3.63) is 30.1 Å². The van der Waals surface area contributed by atoms with Crippen molar-refractivity contribution in [2.45, 2.75) is 19.3 Å². The Morgan fingerprint density at radius 3 is 2.76 bits per heavy atom. The third-order valence-electron chi connectivity index (χ3n) is 4.30. The molecule has 0 radical (unpaired) electrons. The van der Waals surface area contributed by atoms with E-state index in [1.54, 1.807) is 12.1 Å². The summed E-state index contributed by atoms with van der Waals surface area (Å²) in [6.45, 7) is 2.63. The minimum atomic E-state index is -0.709. The van der Waals surface area contributed by atoms with Crippen molar-refractivity contribution in [2.75, 3.05) is 31.6 Å². The van der Waals surface area contributed by atoms with Crippen LogP contribution in [0.1, 0.15) is 19.3 Å². The lowest BCUT2D eigenvalue weighted by atomic mass is 9.82. The maximum atomic E-state index is 12.9. The highest BCUT2D eigenvalue weighted by Crippen LogP contribution is 2.26. The van der Waals surface area contributed by atoms with E-state index in [0.29, 0.717) is 5.92 Å². The third-order valence-corrected chi connectivity index (χ3v) is 4.30. The van der Waals surface area contributed by atoms with E-state index in [-0.39, 0.29) is 18.2 Å². The smallest absolute Gasteiger partial charge is 0.303 e. The van der Waals surface area contributed by atoms with Gasteiger partial charge in [-0.25, -0.2) is 4.39 Å². The molecule has 1 aliphatic rings. The van der Waals surface area contributed by atoms with Crippen LogP contribution in [0.25, 0.3) is 0 Å². The predicted molar refractivity (Wildman–Crippen MR) is 81.0 cm³/mol. The Hall–Kier alpha value is -1.62. The van der Waals surface area contributed by atoms with Crippen LogP contribution in [0.15, 0.2) is 24.3 Å². The minimum absolute atomic E-state index is 0.231. The van der Waals surface area contributed by atoms with Crippen molar-refractivity contribution < 1.29 is 14.3 Å². The fourth-order valence-electron chi connectivity index (χ4n) is 2.99. The Balaban J connectivity index is 1.87. The molecule has 1 heterocycles. The first kappa shape index (κ1) is 15.8. The maximum Gasteiger partial charge on any atom is 0.303 e. The number of halogens is 1. The van der Waals surface area contributed by atoms with Gasteiger partial charge in [-0.3, -0.25) is 4.79 Å². The van der Waals surface area contributed by atoms with Gasteiger partial charge in [0.05, 0.1) is 0 Å². The van der Waals surface area contributed by atoms with Gasteiger partial charge in [0, 0.05) is 25.7 Å². The molecule has 0 amide bonds. The van der Waals surface area contributed by atoms with Crippen molar-refractivity contribution in [1.82, 2.24) is 5.32 Å². The molecule has 21 heavy (non-hydrogen) atoms. The van der Waals surface area contributed by atoms with E-state index in [9.17, 15) is 9.18 Å². The number of nitrogens with zero attached hydrogens (tertiary/aromatic N) is 1. The third kappa shape index (κ3) is 4.70. The first-order valence-corrected chi connectivity index (χ1v) is 7.45. The molecule has 2 rings (SSSR count). The molecule has 1 fully saturated rings. The van der Waals surface area contributed by atoms with Gasteiger partial charge in [-0.1, -0.05) is 0 Å². The lowest BCUT2D eigenvalue weighted by molar-refractivity contribution is -0.138. The van der Waals surface area contributed by atoms with E-state index >= 15 is 0 Å². The normalized spacial score (nSPS) is 22.0. The largest absolute Gasteiger partial charge is 0.481 e. The maximum absolute atomic E-state index is 12.9. The van der Waals surface area contributed by atoms with Crippen LogP contribution >= 0.6 is 0 Å². The number of nitrogens with one attached hydrogen (secondary N) is 1. The highest BCUT2D eigenvalue weighted by atomic mass is 19.1. The number of benzene rings is 1. The van der Waals surface area contributed by atoms with Crippen LogP contribution in [-0.4, -0.2) is 37.8 Å². The molecule has 2 atom stereocenters. The summed E-state index contributed by atoms with van der Waals surface area (Å²) in [5.41, 5.74) is 0.981. The fourth-order valence-corrected chi connectivity index (χ4v) is 2.99. The van der Waals surface area contributed by atoms with Crippen LogP contribution < -0.4 is 10.2 Å². The highest BCUT2D eigenvalue weighted by Gasteiger charge is 2.26. The van der Waals surface area contributed by atoms with Gasteiger partial charge in [-0.15, -0.1) is 0 Å². The topological polar surface area (TPSA) is 52.6 Å². The van der Waals surface area contributed by atoms with E-state index in [0.717, 1.165) is 38.2 Å². The zero-order valence-corrected chi connectivity index (χ0v) is 12.4. The van der Waals surface area contributed by atoms with Crippen LogP contribution in [0.2, 0.25) is 0 Å². The van der Waals surface area contributed by atoms with Gasteiger partial charge in [0.25, 0.3) is 0 Å². The zero-order valence-electron chi connectivity index (χ0n) is 12.4. The van der Waals surface area contributed by atoms with E-state index in [2.05, 4.69) is 10.2 Å². The molecule has 1 aromatic rings. The van der Waals surface area contributed by atoms with Crippen LogP contribution in [0.4, 0.5) is 10.1 Å². The summed E-state index contributed by atoms with van der Waals surface area (Å²) in [7, 11) is 1.98. The lowest BCUT2D eigenvalue weighted by Crippen LogP contribution is -2.39. The number of carboxylic acid groups (broad SMARTS) is 1. The average Bonchev–Trinajstić information content (AvgIpc) is 2.46. The van der Waals surface area contributed by atoms with Crippen LogP contribution in [0.3, 0.4) is 0 Å². The Morgan fingerprint density at radius 1 is 1.38 bits per heavy atom. The first-order chi connectivity index (χ1) is 10.1. The molecule has 116 valence electrons. The predicted octanol–water partition coefficient (Wildman–Crippen LogP) is 2.35. The molecule has 2 N–H and O–H groups in total. The molecule has 0 bridgehead atoms. The van der Waals surface area contributed by atoms with Crippen LogP contribution in [0, 0.1) is 17.7 Å². The van der Waals surface area contributed by atoms with Crippen molar-refractivity contribution >= 4 is 11.7 Å². The van der Waals surface area contributed by atoms with Gasteiger partial charge >= 0.3 is 5.97 Å². The molecule has 0 aromatic heterocycles. The summed E-state index contributed by atoms with van der Waals surface area (Å²) in [4.78, 5) is 13.0. The van der Waals surface area contributed by atoms with Crippen molar-refractivity contribution in [1.29, 1.82) is 0 Å². The summed E-state index contributed by atoms with van der Waals surface area (Å²) in [6.07, 6.45) is 2.13. The SMILES string of the molecule is CN(CC[C@@H]1CNCC[C@@H]1CC(=O)O)c1ccc(F)cc1. The Morgan fingerprint density at radius 2 is 2.10 bits per heavy atom. The average molecular weight is 294 g/mol. The minimum Gasteiger partial charge on any atom is -0.481 e. The van der Waals surface area contributed by atoms with E-state index in [1.807, 2.05) is 7.05 Å². The molecule has 0 aliphatic carbocycles. The Kier molecular flexibility index (Phi) is 5.56. The van der Waals surface area contributed by atoms with Crippen molar-refractivity contribution in [3.63, 3.8) is 0 Å². The van der Waals surface area contributed by atoms with Crippen LogP contribution in [-0.2, 0) is 4.79 Å². The lowest BCUT2D eigenvalue weighted by Gasteiger charge is -2.32. The monoisotopic (exact) mass is 294 g/mol. The first-order valence-electron chi connectivity index (χ1n) is 7.45. The Labute approximate surface area is 125 Å². The Bertz CT molecular complexity index is 464. The van der Waals surface area contributed by atoms with Crippen molar-refractivity contribution in [3.8, 4) is 0 Å². The van der Waals surface area contributed by atoms with Gasteiger partial charge in [0.1, 0.15) is 5.82 Å². The van der Waals surface area contributed by atoms with E-state index in [4.69, 9.17) is 5.11 Å². The molecule has 5 heteroatoms. The van der Waals surface area contributed by atoms with Crippen LogP contribution in [0.5, 0.6) is 0 Å². The van der Waals surface area contributed by atoms with Gasteiger partial charge in [0.15, 0.2) is 0 Å². The molecular weight excluding hydrogens is 271 g/mol. The van der Waals surface area contributed by atoms with Gasteiger partial charge < -0.3 is 15.3 Å². The summed E-state index contributed by atoms with van der Waals surface area (Å²) in [6, 6.07) is 6.45. The van der Waals surface area contributed by atoms with Gasteiger partial charge in [-0.2, -0.15) is 0 Å². The molecule has 0 spiro atoms. The molecule has 4 nitrogen and oxygen atoms in total. The number of anilines is 1. The standard InChI is InChI=1S/C16H23FN2O2/c1-19(15-4-2-14(17)3-5-15)9-7-13-11-18-8-6-12(13)10-16(20)21/h2-5,12-13,18H,6-11H2,1H3,(H,20,21)/t12-,13-/m1/s1. The number of carboxylic acids is 1. The number of rotatable bonds is 6. The fraction of sp³-hybridized carbons (Fsp3) is 0.562. The van der Waals surface area contributed by atoms with Crippen molar-refractivity contribution in [2.24, 2.45) is 11.8 Å². The second kappa shape index (κ2) is 7.41. The highest BCUT2D eigenvalue weighted by molar-refractivity contribution is 5.67. The second-order valence-corrected chi connectivity index (χ2v) is 5.80. The second-order valence-electron chi connectivity index (χ2n) is 5.80. The molecule has 1 aliphatic heterocycles. The summed E-state index contributed by atoms with van der Waals surface area (Å²) >= 11 is 0. The summed E-state index contributed by atoms with van der Waals surface area (Å²) < 4.78 is 12.9. The summed E-state index contributed by atoms with van der Waals surface area (Å²) in [5, 5.41) is 12.3. The molecule has 1 aromatic carbocycles. The quantitative estimate of drug-likeness (QED) is 0.845. The molecule has 1 saturated heterocycles. The summed E-state index contributed by atoms with van der Waals surface area (Å²) in [5.74, 6) is -0.299. The molecular formula is C16H23FN2O2. The number of piperidine rings is 1. The van der Waals surface area contributed by atoms with Gasteiger partial charge in [-0.05, 0) is 62.0 Å². The number of hydrogen-bond acceptors (Lipinski definition) is 3. The molecule has 0 unspecified atom stereocenters. The number of aliphatic carboxylic acids is 1. The zero-order chi connectivity index (χ0) is 15.2. The van der Waals surface area contributed by atoms with E-state index in [1.165, 1.54) is 12.1 Å².